The van der Waals surface area contributed by atoms with Gasteiger partial charge in [0, 0.05) is 22.4 Å². The Morgan fingerprint density at radius 2 is 1.19 bits per heavy atom. The summed E-state index contributed by atoms with van der Waals surface area (Å²) in [5.41, 5.74) is 19.3. The van der Waals surface area contributed by atoms with Gasteiger partial charge in [0.1, 0.15) is 0 Å². The van der Waals surface area contributed by atoms with E-state index in [0.717, 1.165) is 12.8 Å². The van der Waals surface area contributed by atoms with Gasteiger partial charge in [-0.05, 0) is 111 Å². The summed E-state index contributed by atoms with van der Waals surface area (Å²) in [6.07, 6.45) is 25.4. The highest BCUT2D eigenvalue weighted by Gasteiger charge is 2.47. The van der Waals surface area contributed by atoms with Crippen molar-refractivity contribution in [3.8, 4) is 11.1 Å². The van der Waals surface area contributed by atoms with Gasteiger partial charge in [-0.15, -0.1) is 0 Å². The fourth-order valence-electron chi connectivity index (χ4n) is 11.5. The summed E-state index contributed by atoms with van der Waals surface area (Å²) in [7, 11) is 0. The Balaban J connectivity index is 0.810. The largest absolute Gasteiger partial charge is 0.355 e. The lowest BCUT2D eigenvalue weighted by Gasteiger charge is -2.54. The zero-order valence-corrected chi connectivity index (χ0v) is 36.2. The molecule has 0 saturated carbocycles. The van der Waals surface area contributed by atoms with Crippen LogP contribution in [-0.2, 0) is 11.8 Å². The second kappa shape index (κ2) is 14.5. The van der Waals surface area contributed by atoms with Crippen molar-refractivity contribution >= 4 is 63.4 Å². The first-order chi connectivity index (χ1) is 30.8. The highest BCUT2D eigenvalue weighted by molar-refractivity contribution is 6.08. The van der Waals surface area contributed by atoms with Gasteiger partial charge in [0.05, 0.1) is 28.6 Å². The van der Waals surface area contributed by atoms with E-state index >= 15 is 0 Å². The Labute approximate surface area is 371 Å². The summed E-state index contributed by atoms with van der Waals surface area (Å²) in [6.45, 7) is 7.32. The van der Waals surface area contributed by atoms with Crippen LogP contribution in [0.4, 0.5) is 22.7 Å². The van der Waals surface area contributed by atoms with Crippen molar-refractivity contribution in [1.29, 1.82) is 0 Å². The maximum absolute atomic E-state index is 2.74. The fraction of sp³-hybridized carbons (Fsp3) is 0.148. The van der Waals surface area contributed by atoms with Crippen LogP contribution in [0.3, 0.4) is 0 Å². The summed E-state index contributed by atoms with van der Waals surface area (Å²) in [4.78, 5) is 5.17. The molecule has 0 aromatic heterocycles. The molecule has 0 bridgehead atoms. The third-order valence-electron chi connectivity index (χ3n) is 14.8. The SMILES string of the molecule is CC1(C)C2=C(C=CC(N3c4ccccc4CC4C=CC=CC43C)C2)c2ccc(C=Cc3ccc(-c4ccc(N5c6ccccc6C=Cc6ccccc65)c5ccccc45)cc3)cc21. The standard InChI is InChI=1S/C61H50N2/c1-60(2)54-38-42(27-33-51(54)52-34-32-48(40-55(52)60)63-58-22-11-6-16-46(58)39-47-17-12-13-37-61(47,63)3)24-23-41-25-28-43(29-26-41)49-35-36-59(53-19-8-7-18-50(49)53)62-56-20-9-4-14-44(56)30-31-45-15-5-10-21-57(45)62/h4-38,47-48H,39-40H2,1-3H3. The predicted molar refractivity (Wildman–Crippen MR) is 269 cm³/mol. The molecule has 5 aliphatic rings. The molecular weight excluding hydrogens is 761 g/mol. The first kappa shape index (κ1) is 37.6. The molecule has 0 radical (unpaired) electrons. The number of nitrogens with zero attached hydrogens (tertiary/aromatic N) is 2. The van der Waals surface area contributed by atoms with E-state index < -0.39 is 0 Å². The molecule has 63 heavy (non-hydrogen) atoms. The van der Waals surface area contributed by atoms with Crippen LogP contribution < -0.4 is 9.80 Å². The zero-order valence-electron chi connectivity index (χ0n) is 36.2. The lowest BCUT2D eigenvalue weighted by atomic mass is 9.71. The minimum absolute atomic E-state index is 0.0632. The molecular formula is C61H50N2. The summed E-state index contributed by atoms with van der Waals surface area (Å²) in [5.74, 6) is 0.456. The lowest BCUT2D eigenvalue weighted by molar-refractivity contribution is 0.346. The van der Waals surface area contributed by atoms with Crippen LogP contribution in [0.1, 0.15) is 66.1 Å². The minimum Gasteiger partial charge on any atom is -0.355 e. The van der Waals surface area contributed by atoms with Crippen molar-refractivity contribution in [3.63, 3.8) is 0 Å². The van der Waals surface area contributed by atoms with Gasteiger partial charge in [-0.25, -0.2) is 0 Å². The second-order valence-corrected chi connectivity index (χ2v) is 18.7. The summed E-state index contributed by atoms with van der Waals surface area (Å²) in [5, 5.41) is 2.47. The van der Waals surface area contributed by atoms with Crippen LogP contribution >= 0.6 is 0 Å². The van der Waals surface area contributed by atoms with E-state index in [2.05, 4.69) is 243 Å². The maximum Gasteiger partial charge on any atom is 0.0631 e. The third kappa shape index (κ3) is 5.99. The average Bonchev–Trinajstić information content (AvgIpc) is 3.42. The predicted octanol–water partition coefficient (Wildman–Crippen LogP) is 15.6. The molecule has 0 fully saturated rings. The van der Waals surface area contributed by atoms with E-state index in [9.17, 15) is 0 Å². The molecule has 7 aromatic carbocycles. The molecule has 0 saturated heterocycles. The van der Waals surface area contributed by atoms with Crippen LogP contribution in [0.2, 0.25) is 0 Å². The lowest BCUT2D eigenvalue weighted by Crippen LogP contribution is -2.58. The van der Waals surface area contributed by atoms with E-state index in [1.165, 1.54) is 89.2 Å². The molecule has 12 rings (SSSR count). The smallest absolute Gasteiger partial charge is 0.0631 e. The highest BCUT2D eigenvalue weighted by Crippen LogP contribution is 2.54. The number of hydrogen-bond acceptors (Lipinski definition) is 2. The number of benzene rings is 7. The molecule has 0 spiro atoms. The Bertz CT molecular complexity index is 3140. The highest BCUT2D eigenvalue weighted by atomic mass is 15.2. The first-order valence-electron chi connectivity index (χ1n) is 22.6. The number of para-hydroxylation sites is 3. The molecule has 2 heterocycles. The summed E-state index contributed by atoms with van der Waals surface area (Å²) in [6, 6.07) is 56.4. The Morgan fingerprint density at radius 1 is 0.540 bits per heavy atom. The van der Waals surface area contributed by atoms with Crippen LogP contribution in [-0.4, -0.2) is 11.6 Å². The monoisotopic (exact) mass is 810 g/mol. The fourth-order valence-corrected chi connectivity index (χ4v) is 11.5. The number of hydrogen-bond donors (Lipinski definition) is 0. The van der Waals surface area contributed by atoms with E-state index in [4.69, 9.17) is 0 Å². The normalized spacial score (nSPS) is 21.2. The molecule has 2 aliphatic heterocycles. The van der Waals surface area contributed by atoms with Gasteiger partial charge in [0.15, 0.2) is 0 Å². The van der Waals surface area contributed by atoms with E-state index in [0.29, 0.717) is 5.92 Å². The molecule has 2 heteroatoms. The van der Waals surface area contributed by atoms with Gasteiger partial charge in [-0.1, -0.05) is 202 Å². The quantitative estimate of drug-likeness (QED) is 0.160. The van der Waals surface area contributed by atoms with Gasteiger partial charge in [-0.3, -0.25) is 0 Å². The van der Waals surface area contributed by atoms with Crippen molar-refractivity contribution in [2.75, 3.05) is 9.80 Å². The molecule has 304 valence electrons. The zero-order chi connectivity index (χ0) is 42.3. The maximum atomic E-state index is 2.74. The van der Waals surface area contributed by atoms with Gasteiger partial charge in [0.25, 0.3) is 0 Å². The Morgan fingerprint density at radius 3 is 1.97 bits per heavy atom. The average molecular weight is 811 g/mol. The second-order valence-electron chi connectivity index (χ2n) is 18.7. The molecule has 0 amide bonds. The number of rotatable bonds is 5. The van der Waals surface area contributed by atoms with Gasteiger partial charge < -0.3 is 9.80 Å². The minimum atomic E-state index is -0.0636. The van der Waals surface area contributed by atoms with Crippen LogP contribution in [0, 0.1) is 5.92 Å². The molecule has 3 aliphatic carbocycles. The molecule has 0 N–H and O–H groups in total. The summed E-state index contributed by atoms with van der Waals surface area (Å²) >= 11 is 0. The first-order valence-corrected chi connectivity index (χ1v) is 22.6. The Kier molecular flexibility index (Phi) is 8.63. The molecule has 7 aromatic rings. The van der Waals surface area contributed by atoms with E-state index in [1.54, 1.807) is 5.57 Å². The topological polar surface area (TPSA) is 6.48 Å². The molecule has 2 nitrogen and oxygen atoms in total. The van der Waals surface area contributed by atoms with E-state index in [1.807, 2.05) is 0 Å². The number of allylic oxidation sites excluding steroid dienone is 4. The van der Waals surface area contributed by atoms with E-state index in [-0.39, 0.29) is 17.0 Å². The Hall–Kier alpha value is -7.16. The number of anilines is 4. The van der Waals surface area contributed by atoms with Gasteiger partial charge in [-0.2, -0.15) is 0 Å². The van der Waals surface area contributed by atoms with Crippen LogP contribution in [0.5, 0.6) is 0 Å². The summed E-state index contributed by atoms with van der Waals surface area (Å²) < 4.78 is 0. The van der Waals surface area contributed by atoms with Crippen LogP contribution in [0.15, 0.2) is 194 Å². The third-order valence-corrected chi connectivity index (χ3v) is 14.8. The van der Waals surface area contributed by atoms with Crippen LogP contribution in [0.25, 0.3) is 51.8 Å². The number of fused-ring (bicyclic) bond motifs is 7. The van der Waals surface area contributed by atoms with Crippen molar-refractivity contribution in [2.45, 2.75) is 50.6 Å². The van der Waals surface area contributed by atoms with Gasteiger partial charge in [0.2, 0.25) is 0 Å². The van der Waals surface area contributed by atoms with Crippen molar-refractivity contribution in [3.05, 3.63) is 233 Å². The molecule has 3 unspecified atom stereocenters. The van der Waals surface area contributed by atoms with Crippen molar-refractivity contribution < 1.29 is 0 Å². The molecule has 3 atom stereocenters. The van der Waals surface area contributed by atoms with Crippen molar-refractivity contribution in [1.82, 2.24) is 0 Å². The van der Waals surface area contributed by atoms with Gasteiger partial charge >= 0.3 is 0 Å². The van der Waals surface area contributed by atoms with Crippen molar-refractivity contribution in [2.24, 2.45) is 5.92 Å².